The molecular weight excluding hydrogens is 312 g/mol. The highest BCUT2D eigenvalue weighted by Gasteiger charge is 2.10. The predicted molar refractivity (Wildman–Crippen MR) is 99.7 cm³/mol. The maximum atomic E-state index is 12.2. The first-order valence-corrected chi connectivity index (χ1v) is 8.06. The van der Waals surface area contributed by atoms with Crippen LogP contribution in [0.5, 0.6) is 0 Å². The molecule has 5 nitrogen and oxygen atoms in total. The van der Waals surface area contributed by atoms with Crippen LogP contribution in [0.15, 0.2) is 53.6 Å². The molecule has 0 spiro atoms. The first-order valence-electron chi connectivity index (χ1n) is 8.06. The lowest BCUT2D eigenvalue weighted by Crippen LogP contribution is -2.17. The Labute approximate surface area is 146 Å². The summed E-state index contributed by atoms with van der Waals surface area (Å²) in [5, 5.41) is 11.0. The summed E-state index contributed by atoms with van der Waals surface area (Å²) in [6, 6.07) is 15.7. The number of carbonyl (C=O) groups is 1. The minimum Gasteiger partial charge on any atom is -0.272 e. The number of aromatic nitrogens is 2. The van der Waals surface area contributed by atoms with Crippen molar-refractivity contribution in [1.82, 2.24) is 15.6 Å². The van der Waals surface area contributed by atoms with E-state index in [-0.39, 0.29) is 5.91 Å². The molecule has 0 unspecified atom stereocenters. The van der Waals surface area contributed by atoms with Crippen LogP contribution < -0.4 is 5.43 Å². The summed E-state index contributed by atoms with van der Waals surface area (Å²) in [7, 11) is 0. The van der Waals surface area contributed by atoms with Crippen molar-refractivity contribution in [2.24, 2.45) is 5.10 Å². The van der Waals surface area contributed by atoms with Crippen molar-refractivity contribution in [2.45, 2.75) is 20.8 Å². The van der Waals surface area contributed by atoms with Crippen molar-refractivity contribution in [3.63, 3.8) is 0 Å². The Kier molecular flexibility index (Phi) is 4.75. The topological polar surface area (TPSA) is 70.1 Å². The number of hydrogen-bond acceptors (Lipinski definition) is 3. The lowest BCUT2D eigenvalue weighted by atomic mass is 10.0. The molecule has 126 valence electrons. The highest BCUT2D eigenvalue weighted by Crippen LogP contribution is 2.20. The van der Waals surface area contributed by atoms with Gasteiger partial charge in [0.05, 0.1) is 11.9 Å². The number of H-pyrrole nitrogens is 1. The SMILES string of the molecule is Cc1ccc(/C=N\NC(=O)c2cc(-c3ccc(C)c(C)c3)n[nH]2)cc1. The van der Waals surface area contributed by atoms with E-state index in [9.17, 15) is 4.79 Å². The van der Waals surface area contributed by atoms with Gasteiger partial charge < -0.3 is 0 Å². The fourth-order valence-corrected chi connectivity index (χ4v) is 2.36. The first-order chi connectivity index (χ1) is 12.0. The molecule has 2 aromatic carbocycles. The molecule has 1 aromatic heterocycles. The van der Waals surface area contributed by atoms with Crippen molar-refractivity contribution >= 4 is 12.1 Å². The molecule has 0 radical (unpaired) electrons. The van der Waals surface area contributed by atoms with Crippen molar-refractivity contribution in [3.05, 3.63) is 76.5 Å². The van der Waals surface area contributed by atoms with Crippen LogP contribution in [0.2, 0.25) is 0 Å². The molecule has 0 fully saturated rings. The highest BCUT2D eigenvalue weighted by molar-refractivity contribution is 5.94. The van der Waals surface area contributed by atoms with Crippen LogP contribution in [-0.2, 0) is 0 Å². The Morgan fingerprint density at radius 3 is 2.52 bits per heavy atom. The summed E-state index contributed by atoms with van der Waals surface area (Å²) < 4.78 is 0. The van der Waals surface area contributed by atoms with Gasteiger partial charge in [0.15, 0.2) is 0 Å². The Morgan fingerprint density at radius 1 is 1.04 bits per heavy atom. The van der Waals surface area contributed by atoms with E-state index in [2.05, 4.69) is 40.6 Å². The molecule has 5 heteroatoms. The van der Waals surface area contributed by atoms with Crippen LogP contribution in [0.3, 0.4) is 0 Å². The second-order valence-electron chi connectivity index (χ2n) is 6.08. The normalized spacial score (nSPS) is 11.0. The number of benzene rings is 2. The second-order valence-corrected chi connectivity index (χ2v) is 6.08. The monoisotopic (exact) mass is 332 g/mol. The Balaban J connectivity index is 1.68. The molecule has 0 atom stereocenters. The third kappa shape index (κ3) is 4.01. The van der Waals surface area contributed by atoms with Gasteiger partial charge in [-0.1, -0.05) is 42.0 Å². The van der Waals surface area contributed by atoms with Gasteiger partial charge in [0.25, 0.3) is 5.91 Å². The lowest BCUT2D eigenvalue weighted by Gasteiger charge is -2.01. The van der Waals surface area contributed by atoms with E-state index in [0.717, 1.165) is 16.8 Å². The maximum absolute atomic E-state index is 12.2. The fourth-order valence-electron chi connectivity index (χ4n) is 2.36. The number of hydrogen-bond donors (Lipinski definition) is 2. The number of carbonyl (C=O) groups excluding carboxylic acids is 1. The van der Waals surface area contributed by atoms with Crippen molar-refractivity contribution in [2.75, 3.05) is 0 Å². The van der Waals surface area contributed by atoms with Crippen molar-refractivity contribution < 1.29 is 4.79 Å². The first kappa shape index (κ1) is 16.6. The zero-order valence-electron chi connectivity index (χ0n) is 14.5. The van der Waals surface area contributed by atoms with Crippen LogP contribution in [0.25, 0.3) is 11.3 Å². The van der Waals surface area contributed by atoms with Crippen LogP contribution in [0, 0.1) is 20.8 Å². The largest absolute Gasteiger partial charge is 0.289 e. The zero-order valence-corrected chi connectivity index (χ0v) is 14.5. The van der Waals surface area contributed by atoms with E-state index in [0.29, 0.717) is 5.69 Å². The maximum Gasteiger partial charge on any atom is 0.289 e. The van der Waals surface area contributed by atoms with E-state index in [1.54, 1.807) is 12.3 Å². The summed E-state index contributed by atoms with van der Waals surface area (Å²) >= 11 is 0. The summed E-state index contributed by atoms with van der Waals surface area (Å²) in [6.07, 6.45) is 1.61. The van der Waals surface area contributed by atoms with Crippen LogP contribution in [0.4, 0.5) is 0 Å². The van der Waals surface area contributed by atoms with Crippen LogP contribution >= 0.6 is 0 Å². The Morgan fingerprint density at radius 2 is 1.80 bits per heavy atom. The second kappa shape index (κ2) is 7.13. The van der Waals surface area contributed by atoms with Crippen molar-refractivity contribution in [1.29, 1.82) is 0 Å². The molecule has 0 aliphatic rings. The number of rotatable bonds is 4. The summed E-state index contributed by atoms with van der Waals surface area (Å²) in [5.74, 6) is -0.328. The van der Waals surface area contributed by atoms with Gasteiger partial charge >= 0.3 is 0 Å². The predicted octanol–water partition coefficient (Wildman–Crippen LogP) is 3.77. The molecule has 0 aliphatic carbocycles. The van der Waals surface area contributed by atoms with E-state index < -0.39 is 0 Å². The van der Waals surface area contributed by atoms with E-state index in [4.69, 9.17) is 0 Å². The quantitative estimate of drug-likeness (QED) is 0.564. The fraction of sp³-hybridized carbons (Fsp3) is 0.150. The third-order valence-electron chi connectivity index (χ3n) is 4.08. The number of aryl methyl sites for hydroxylation is 3. The van der Waals surface area contributed by atoms with Gasteiger partial charge in [-0.05, 0) is 49.6 Å². The molecule has 3 rings (SSSR count). The summed E-state index contributed by atoms with van der Waals surface area (Å²) in [5.41, 5.74) is 9.10. The molecular formula is C20H20N4O. The summed E-state index contributed by atoms with van der Waals surface area (Å²) in [6.45, 7) is 6.14. The number of aromatic amines is 1. The molecule has 0 bridgehead atoms. The molecule has 1 heterocycles. The smallest absolute Gasteiger partial charge is 0.272 e. The Bertz CT molecular complexity index is 923. The van der Waals surface area contributed by atoms with Crippen molar-refractivity contribution in [3.8, 4) is 11.3 Å². The van der Waals surface area contributed by atoms with Gasteiger partial charge in [-0.25, -0.2) is 5.43 Å². The van der Waals surface area contributed by atoms with E-state index in [1.165, 1.54) is 16.7 Å². The summed E-state index contributed by atoms with van der Waals surface area (Å²) in [4.78, 5) is 12.2. The molecule has 0 aliphatic heterocycles. The highest BCUT2D eigenvalue weighted by atomic mass is 16.2. The van der Waals surface area contributed by atoms with Crippen LogP contribution in [-0.4, -0.2) is 22.3 Å². The number of nitrogens with zero attached hydrogens (tertiary/aromatic N) is 2. The molecule has 0 saturated carbocycles. The Hall–Kier alpha value is -3.21. The van der Waals surface area contributed by atoms with E-state index in [1.807, 2.05) is 43.3 Å². The standard InChI is InChI=1S/C20H20N4O/c1-13-4-7-16(8-5-13)12-21-24-20(25)19-11-18(22-23-19)17-9-6-14(2)15(3)10-17/h4-12H,1-3H3,(H,22,23)(H,24,25)/b21-12-. The number of hydrazone groups is 1. The zero-order chi connectivity index (χ0) is 17.8. The van der Waals surface area contributed by atoms with Crippen LogP contribution in [0.1, 0.15) is 32.7 Å². The van der Waals surface area contributed by atoms with Gasteiger partial charge in [0.1, 0.15) is 5.69 Å². The molecule has 1 amide bonds. The lowest BCUT2D eigenvalue weighted by molar-refractivity contribution is 0.0950. The molecule has 25 heavy (non-hydrogen) atoms. The minimum absolute atomic E-state index is 0.328. The van der Waals surface area contributed by atoms with Gasteiger partial charge in [-0.2, -0.15) is 10.2 Å². The minimum atomic E-state index is -0.328. The number of amides is 1. The molecule has 0 saturated heterocycles. The van der Waals surface area contributed by atoms with Gasteiger partial charge in [0.2, 0.25) is 0 Å². The number of nitrogens with one attached hydrogen (secondary N) is 2. The molecule has 2 N–H and O–H groups in total. The van der Waals surface area contributed by atoms with E-state index >= 15 is 0 Å². The van der Waals surface area contributed by atoms with Gasteiger partial charge in [0, 0.05) is 5.56 Å². The molecule has 3 aromatic rings. The van der Waals surface area contributed by atoms with Gasteiger partial charge in [-0.3, -0.25) is 9.89 Å². The third-order valence-corrected chi connectivity index (χ3v) is 4.08. The average Bonchev–Trinajstić information content (AvgIpc) is 3.09. The van der Waals surface area contributed by atoms with Gasteiger partial charge in [-0.15, -0.1) is 0 Å². The average molecular weight is 332 g/mol.